The topological polar surface area (TPSA) is 69.8 Å². The van der Waals surface area contributed by atoms with Crippen LogP contribution in [0.1, 0.15) is 36.0 Å². The first-order chi connectivity index (χ1) is 10.2. The smallest absolute Gasteiger partial charge is 0.337 e. The van der Waals surface area contributed by atoms with Gasteiger partial charge in [-0.05, 0) is 25.0 Å². The normalized spacial score (nSPS) is 20.9. The quantitative estimate of drug-likeness (QED) is 0.833. The van der Waals surface area contributed by atoms with Gasteiger partial charge in [-0.1, -0.05) is 18.9 Å². The Hall–Kier alpha value is -1.75. The molecule has 2 aliphatic rings. The van der Waals surface area contributed by atoms with Crippen molar-refractivity contribution in [1.29, 1.82) is 0 Å². The van der Waals surface area contributed by atoms with E-state index in [2.05, 4.69) is 9.80 Å². The highest BCUT2D eigenvalue weighted by atomic mass is 16.4. The summed E-state index contributed by atoms with van der Waals surface area (Å²) in [6, 6.07) is 6.02. The molecule has 0 amide bonds. The molecule has 1 aliphatic heterocycles. The van der Waals surface area contributed by atoms with Crippen molar-refractivity contribution in [1.82, 2.24) is 4.90 Å². The van der Waals surface area contributed by atoms with Crippen molar-refractivity contribution in [2.24, 2.45) is 0 Å². The molecular formula is C16H23N3O2. The summed E-state index contributed by atoms with van der Waals surface area (Å²) < 4.78 is 0. The van der Waals surface area contributed by atoms with Crippen LogP contribution in [0.5, 0.6) is 0 Å². The van der Waals surface area contributed by atoms with Crippen LogP contribution in [-0.2, 0) is 0 Å². The maximum atomic E-state index is 11.2. The number of carboxylic acids is 1. The highest BCUT2D eigenvalue weighted by molar-refractivity contribution is 5.97. The lowest BCUT2D eigenvalue weighted by Gasteiger charge is -2.39. The molecule has 0 spiro atoms. The number of nitrogens with zero attached hydrogens (tertiary/aromatic N) is 2. The number of aromatic carboxylic acids is 1. The van der Waals surface area contributed by atoms with Gasteiger partial charge in [0, 0.05) is 32.2 Å². The predicted molar refractivity (Wildman–Crippen MR) is 83.9 cm³/mol. The lowest BCUT2D eigenvalue weighted by Crippen LogP contribution is -2.49. The number of hydrogen-bond acceptors (Lipinski definition) is 4. The number of nitrogens with two attached hydrogens (primary N) is 1. The second kappa shape index (κ2) is 5.93. The maximum absolute atomic E-state index is 11.2. The molecule has 1 saturated carbocycles. The Kier molecular flexibility index (Phi) is 4.01. The molecule has 1 aromatic carbocycles. The first kappa shape index (κ1) is 14.2. The van der Waals surface area contributed by atoms with Crippen molar-refractivity contribution in [2.75, 3.05) is 36.8 Å². The summed E-state index contributed by atoms with van der Waals surface area (Å²) in [5.74, 6) is -0.959. The van der Waals surface area contributed by atoms with Gasteiger partial charge in [0.05, 0.1) is 16.9 Å². The number of carboxylic acid groups (broad SMARTS) is 1. The van der Waals surface area contributed by atoms with Crippen molar-refractivity contribution in [3.8, 4) is 0 Å². The zero-order chi connectivity index (χ0) is 14.8. The zero-order valence-corrected chi connectivity index (χ0v) is 12.3. The van der Waals surface area contributed by atoms with E-state index in [9.17, 15) is 4.79 Å². The van der Waals surface area contributed by atoms with E-state index >= 15 is 0 Å². The summed E-state index contributed by atoms with van der Waals surface area (Å²) in [4.78, 5) is 16.0. The van der Waals surface area contributed by atoms with E-state index in [4.69, 9.17) is 10.8 Å². The standard InChI is InChI=1S/C16H23N3O2/c17-15-13(16(20)21)6-3-7-14(15)19-10-8-18(9-11-19)12-4-1-2-5-12/h3,6-7,12H,1-2,4-5,8-11,17H2,(H,20,21). The molecule has 3 N–H and O–H groups in total. The number of nitrogen functional groups attached to an aromatic ring is 1. The van der Waals surface area contributed by atoms with Gasteiger partial charge in [-0.15, -0.1) is 0 Å². The molecular weight excluding hydrogens is 266 g/mol. The van der Waals surface area contributed by atoms with Gasteiger partial charge in [-0.25, -0.2) is 4.79 Å². The second-order valence-corrected chi connectivity index (χ2v) is 6.00. The minimum atomic E-state index is -0.959. The lowest BCUT2D eigenvalue weighted by molar-refractivity contribution is 0.0698. The van der Waals surface area contributed by atoms with Gasteiger partial charge in [0.2, 0.25) is 0 Å². The minimum absolute atomic E-state index is 0.200. The number of piperazine rings is 1. The lowest BCUT2D eigenvalue weighted by atomic mass is 10.1. The average molecular weight is 289 g/mol. The van der Waals surface area contributed by atoms with Crippen LogP contribution in [0.25, 0.3) is 0 Å². The van der Waals surface area contributed by atoms with Crippen LogP contribution < -0.4 is 10.6 Å². The third kappa shape index (κ3) is 2.83. The van der Waals surface area contributed by atoms with Crippen LogP contribution in [0.4, 0.5) is 11.4 Å². The number of carbonyl (C=O) groups is 1. The number of benzene rings is 1. The fourth-order valence-electron chi connectivity index (χ4n) is 3.61. The van der Waals surface area contributed by atoms with Gasteiger partial charge < -0.3 is 15.7 Å². The van der Waals surface area contributed by atoms with E-state index in [1.54, 1.807) is 12.1 Å². The molecule has 0 unspecified atom stereocenters. The average Bonchev–Trinajstić information content (AvgIpc) is 3.02. The summed E-state index contributed by atoms with van der Waals surface area (Å²) in [7, 11) is 0. The first-order valence-electron chi connectivity index (χ1n) is 7.77. The van der Waals surface area contributed by atoms with Gasteiger partial charge in [0.15, 0.2) is 0 Å². The number of para-hydroxylation sites is 1. The largest absolute Gasteiger partial charge is 0.478 e. The van der Waals surface area contributed by atoms with Gasteiger partial charge in [-0.2, -0.15) is 0 Å². The van der Waals surface area contributed by atoms with Crippen molar-refractivity contribution in [3.63, 3.8) is 0 Å². The summed E-state index contributed by atoms with van der Waals surface area (Å²) in [6.45, 7) is 3.93. The van der Waals surface area contributed by atoms with E-state index in [1.165, 1.54) is 25.7 Å². The van der Waals surface area contributed by atoms with Crippen LogP contribution in [0.3, 0.4) is 0 Å². The summed E-state index contributed by atoms with van der Waals surface area (Å²) in [5, 5.41) is 9.17. The predicted octanol–water partition coefficient (Wildman–Crippen LogP) is 2.03. The Morgan fingerprint density at radius 2 is 1.81 bits per heavy atom. The molecule has 0 atom stereocenters. The zero-order valence-electron chi connectivity index (χ0n) is 12.3. The first-order valence-corrected chi connectivity index (χ1v) is 7.77. The van der Waals surface area contributed by atoms with E-state index in [-0.39, 0.29) is 5.56 Å². The van der Waals surface area contributed by atoms with Crippen molar-refractivity contribution in [2.45, 2.75) is 31.7 Å². The Morgan fingerprint density at radius 3 is 2.43 bits per heavy atom. The molecule has 5 heteroatoms. The summed E-state index contributed by atoms with van der Waals surface area (Å²) >= 11 is 0. The molecule has 0 radical (unpaired) electrons. The molecule has 2 fully saturated rings. The molecule has 1 aliphatic carbocycles. The van der Waals surface area contributed by atoms with E-state index in [0.29, 0.717) is 5.69 Å². The highest BCUT2D eigenvalue weighted by Crippen LogP contribution is 2.29. The second-order valence-electron chi connectivity index (χ2n) is 6.00. The van der Waals surface area contributed by atoms with Crippen LogP contribution in [0.15, 0.2) is 18.2 Å². The van der Waals surface area contributed by atoms with E-state index < -0.39 is 5.97 Å². The SMILES string of the molecule is Nc1c(C(=O)O)cccc1N1CCN(C2CCCC2)CC1. The monoisotopic (exact) mass is 289 g/mol. The van der Waals surface area contributed by atoms with Gasteiger partial charge >= 0.3 is 5.97 Å². The van der Waals surface area contributed by atoms with Crippen LogP contribution in [0.2, 0.25) is 0 Å². The molecule has 0 aromatic heterocycles. The molecule has 0 bridgehead atoms. The third-order valence-electron chi connectivity index (χ3n) is 4.81. The molecule has 1 heterocycles. The highest BCUT2D eigenvalue weighted by Gasteiger charge is 2.27. The van der Waals surface area contributed by atoms with E-state index in [1.807, 2.05) is 6.07 Å². The molecule has 1 aromatic rings. The van der Waals surface area contributed by atoms with Crippen molar-refractivity contribution < 1.29 is 9.90 Å². The minimum Gasteiger partial charge on any atom is -0.478 e. The van der Waals surface area contributed by atoms with Gasteiger partial charge in [-0.3, -0.25) is 4.90 Å². The number of anilines is 2. The molecule has 1 saturated heterocycles. The van der Waals surface area contributed by atoms with Crippen molar-refractivity contribution in [3.05, 3.63) is 23.8 Å². The molecule has 3 rings (SSSR count). The maximum Gasteiger partial charge on any atom is 0.337 e. The van der Waals surface area contributed by atoms with Crippen LogP contribution in [0, 0.1) is 0 Å². The molecule has 114 valence electrons. The summed E-state index contributed by atoms with van der Waals surface area (Å²) in [6.07, 6.45) is 5.38. The van der Waals surface area contributed by atoms with Crippen LogP contribution in [-0.4, -0.2) is 48.2 Å². The third-order valence-corrected chi connectivity index (χ3v) is 4.81. The van der Waals surface area contributed by atoms with Crippen LogP contribution >= 0.6 is 0 Å². The molecule has 21 heavy (non-hydrogen) atoms. The van der Waals surface area contributed by atoms with Gasteiger partial charge in [0.1, 0.15) is 0 Å². The summed E-state index contributed by atoms with van der Waals surface area (Å²) in [5.41, 5.74) is 7.49. The fourth-order valence-corrected chi connectivity index (χ4v) is 3.61. The molecule has 5 nitrogen and oxygen atoms in total. The van der Waals surface area contributed by atoms with E-state index in [0.717, 1.165) is 37.9 Å². The Bertz CT molecular complexity index is 518. The number of hydrogen-bond donors (Lipinski definition) is 2. The Morgan fingerprint density at radius 1 is 1.14 bits per heavy atom. The number of rotatable bonds is 3. The fraction of sp³-hybridized carbons (Fsp3) is 0.562. The van der Waals surface area contributed by atoms with Gasteiger partial charge in [0.25, 0.3) is 0 Å². The van der Waals surface area contributed by atoms with Crippen molar-refractivity contribution >= 4 is 17.3 Å². The Balaban J connectivity index is 1.69. The Labute approximate surface area is 125 Å².